The van der Waals surface area contributed by atoms with Crippen molar-refractivity contribution in [3.8, 4) is 0 Å². The molecule has 2 amide bonds. The number of halogens is 3. The monoisotopic (exact) mass is 375 g/mol. The minimum atomic E-state index is -0.817. The van der Waals surface area contributed by atoms with Crippen LogP contribution in [-0.4, -0.2) is 30.4 Å². The average molecular weight is 376 g/mol. The Morgan fingerprint density at radius 1 is 1.36 bits per heavy atom. The van der Waals surface area contributed by atoms with Crippen molar-refractivity contribution in [2.24, 2.45) is 11.7 Å². The highest BCUT2D eigenvalue weighted by atomic mass is 35.5. The molecular formula is C17H24ClF2N3O2. The molecule has 0 radical (unpaired) electrons. The van der Waals surface area contributed by atoms with Gasteiger partial charge in [-0.2, -0.15) is 0 Å². The lowest BCUT2D eigenvalue weighted by molar-refractivity contribution is -0.128. The highest BCUT2D eigenvalue weighted by Gasteiger charge is 2.38. The second-order valence-electron chi connectivity index (χ2n) is 6.18. The van der Waals surface area contributed by atoms with Crippen molar-refractivity contribution in [3.05, 3.63) is 29.8 Å². The molecule has 0 aliphatic carbocycles. The summed E-state index contributed by atoms with van der Waals surface area (Å²) >= 11 is 0. The molecular weight excluding hydrogens is 352 g/mol. The van der Waals surface area contributed by atoms with Crippen LogP contribution in [-0.2, 0) is 9.59 Å². The summed E-state index contributed by atoms with van der Waals surface area (Å²) in [5.74, 6) is -2.72. The van der Waals surface area contributed by atoms with Crippen molar-refractivity contribution < 1.29 is 18.4 Å². The second kappa shape index (κ2) is 8.58. The molecule has 0 bridgehead atoms. The summed E-state index contributed by atoms with van der Waals surface area (Å²) in [6, 6.07) is 3.03. The lowest BCUT2D eigenvalue weighted by atomic mass is 9.91. The van der Waals surface area contributed by atoms with Gasteiger partial charge in [0.05, 0.1) is 17.1 Å². The van der Waals surface area contributed by atoms with Crippen LogP contribution >= 0.6 is 12.4 Å². The Labute approximate surface area is 152 Å². The van der Waals surface area contributed by atoms with Gasteiger partial charge in [0.15, 0.2) is 0 Å². The van der Waals surface area contributed by atoms with Crippen molar-refractivity contribution in [2.75, 3.05) is 18.0 Å². The van der Waals surface area contributed by atoms with Crippen molar-refractivity contribution >= 4 is 29.9 Å². The lowest BCUT2D eigenvalue weighted by Crippen LogP contribution is -2.54. The molecule has 0 aromatic heterocycles. The molecule has 25 heavy (non-hydrogen) atoms. The van der Waals surface area contributed by atoms with Crippen LogP contribution < -0.4 is 16.0 Å². The number of hydrogen-bond donors (Lipinski definition) is 2. The first-order chi connectivity index (χ1) is 11.4. The van der Waals surface area contributed by atoms with Crippen LogP contribution in [0.1, 0.15) is 33.1 Å². The number of benzene rings is 1. The third-order valence-electron chi connectivity index (χ3n) is 4.83. The summed E-state index contributed by atoms with van der Waals surface area (Å²) in [6.45, 7) is 4.26. The van der Waals surface area contributed by atoms with Gasteiger partial charge in [-0.25, -0.2) is 8.78 Å². The van der Waals surface area contributed by atoms with Gasteiger partial charge in [-0.05, 0) is 25.0 Å². The Morgan fingerprint density at radius 3 is 2.52 bits per heavy atom. The second-order valence-corrected chi connectivity index (χ2v) is 6.18. The minimum Gasteiger partial charge on any atom is -0.349 e. The van der Waals surface area contributed by atoms with Crippen LogP contribution in [0.4, 0.5) is 14.5 Å². The topological polar surface area (TPSA) is 75.4 Å². The Bertz CT molecular complexity index is 630. The number of nitrogens with one attached hydrogen (secondary N) is 1. The third-order valence-corrected chi connectivity index (χ3v) is 4.83. The van der Waals surface area contributed by atoms with E-state index in [1.807, 2.05) is 13.8 Å². The third kappa shape index (κ3) is 4.46. The molecule has 1 aliphatic heterocycles. The number of nitrogens with two attached hydrogens (primary N) is 1. The van der Waals surface area contributed by atoms with Crippen LogP contribution in [0.5, 0.6) is 0 Å². The maximum absolute atomic E-state index is 13.9. The van der Waals surface area contributed by atoms with Crippen molar-refractivity contribution in [1.82, 2.24) is 5.32 Å². The van der Waals surface area contributed by atoms with Crippen LogP contribution in [0.3, 0.4) is 0 Å². The molecule has 1 heterocycles. The highest BCUT2D eigenvalue weighted by molar-refractivity contribution is 6.00. The minimum absolute atomic E-state index is 0. The first-order valence-electron chi connectivity index (χ1n) is 8.13. The van der Waals surface area contributed by atoms with Crippen molar-refractivity contribution in [2.45, 2.75) is 38.6 Å². The summed E-state index contributed by atoms with van der Waals surface area (Å²) in [6.07, 6.45) is 1.36. The van der Waals surface area contributed by atoms with Gasteiger partial charge >= 0.3 is 0 Å². The Balaban J connectivity index is 0.00000312. The average Bonchev–Trinajstić information content (AvgIpc) is 2.94. The van der Waals surface area contributed by atoms with Crippen LogP contribution in [0, 0.1) is 17.6 Å². The number of anilines is 1. The molecule has 1 unspecified atom stereocenters. The zero-order valence-electron chi connectivity index (χ0n) is 14.4. The van der Waals surface area contributed by atoms with Gasteiger partial charge in [0.2, 0.25) is 11.8 Å². The molecule has 3 N–H and O–H groups in total. The smallest absolute Gasteiger partial charge is 0.227 e. The van der Waals surface area contributed by atoms with Crippen LogP contribution in [0.2, 0.25) is 0 Å². The van der Waals surface area contributed by atoms with Gasteiger partial charge < -0.3 is 16.0 Å². The fourth-order valence-corrected chi connectivity index (χ4v) is 2.95. The standard InChI is InChI=1S/C17H23F2N3O2.ClH/c1-3-17(4-2,10-20)21-16(24)11-7-15(23)22(9-11)14-6-5-12(18)8-13(14)19;/h5-6,8,11H,3-4,7,9-10,20H2,1-2H3,(H,21,24);1H. The molecule has 8 heteroatoms. The number of amides is 2. The molecule has 1 aromatic rings. The first kappa shape index (κ1) is 21.3. The fourth-order valence-electron chi connectivity index (χ4n) is 2.95. The van der Waals surface area contributed by atoms with E-state index in [9.17, 15) is 18.4 Å². The Morgan fingerprint density at radius 2 is 2.00 bits per heavy atom. The summed E-state index contributed by atoms with van der Waals surface area (Å²) in [5, 5.41) is 2.94. The molecule has 0 saturated carbocycles. The molecule has 1 atom stereocenters. The summed E-state index contributed by atoms with van der Waals surface area (Å²) < 4.78 is 26.9. The Kier molecular flexibility index (Phi) is 7.31. The van der Waals surface area contributed by atoms with Gasteiger partial charge in [-0.15, -0.1) is 12.4 Å². The molecule has 1 aliphatic rings. The first-order valence-corrected chi connectivity index (χ1v) is 8.13. The highest BCUT2D eigenvalue weighted by Crippen LogP contribution is 2.28. The van der Waals surface area contributed by atoms with Crippen LogP contribution in [0.25, 0.3) is 0 Å². The predicted octanol–water partition coefficient (Wildman–Crippen LogP) is 2.37. The van der Waals surface area contributed by atoms with E-state index in [0.29, 0.717) is 19.4 Å². The number of rotatable bonds is 6. The zero-order chi connectivity index (χ0) is 17.9. The number of carbonyl (C=O) groups is 2. The van der Waals surface area contributed by atoms with E-state index < -0.39 is 23.1 Å². The number of nitrogens with zero attached hydrogens (tertiary/aromatic N) is 1. The molecule has 140 valence electrons. The molecule has 1 saturated heterocycles. The predicted molar refractivity (Wildman–Crippen MR) is 94.6 cm³/mol. The summed E-state index contributed by atoms with van der Waals surface area (Å²) in [5.41, 5.74) is 5.28. The maximum atomic E-state index is 13.9. The molecule has 0 spiro atoms. The van der Waals surface area contributed by atoms with E-state index in [2.05, 4.69) is 5.32 Å². The van der Waals surface area contributed by atoms with E-state index in [-0.39, 0.29) is 42.9 Å². The van der Waals surface area contributed by atoms with Gasteiger partial charge in [0.25, 0.3) is 0 Å². The fraction of sp³-hybridized carbons (Fsp3) is 0.529. The van der Waals surface area contributed by atoms with E-state index >= 15 is 0 Å². The van der Waals surface area contributed by atoms with Gasteiger partial charge in [-0.3, -0.25) is 9.59 Å². The Hall–Kier alpha value is -1.73. The quantitative estimate of drug-likeness (QED) is 0.801. The van der Waals surface area contributed by atoms with Crippen molar-refractivity contribution in [1.29, 1.82) is 0 Å². The summed E-state index contributed by atoms with van der Waals surface area (Å²) in [7, 11) is 0. The van der Waals surface area contributed by atoms with E-state index in [1.165, 1.54) is 11.0 Å². The molecule has 2 rings (SSSR count). The van der Waals surface area contributed by atoms with Crippen molar-refractivity contribution in [3.63, 3.8) is 0 Å². The molecule has 1 aromatic carbocycles. The normalized spacial score (nSPS) is 17.4. The molecule has 1 fully saturated rings. The zero-order valence-corrected chi connectivity index (χ0v) is 15.2. The van der Waals surface area contributed by atoms with Crippen LogP contribution in [0.15, 0.2) is 18.2 Å². The number of hydrogen-bond acceptors (Lipinski definition) is 3. The number of carbonyl (C=O) groups excluding carboxylic acids is 2. The maximum Gasteiger partial charge on any atom is 0.227 e. The van der Waals surface area contributed by atoms with E-state index in [0.717, 1.165) is 12.1 Å². The SMILES string of the molecule is CCC(CC)(CN)NC(=O)C1CC(=O)N(c2ccc(F)cc2F)C1.Cl. The van der Waals surface area contributed by atoms with Gasteiger partial charge in [-0.1, -0.05) is 13.8 Å². The van der Waals surface area contributed by atoms with Gasteiger partial charge in [0.1, 0.15) is 11.6 Å². The van der Waals surface area contributed by atoms with E-state index in [1.54, 1.807) is 0 Å². The van der Waals surface area contributed by atoms with E-state index in [4.69, 9.17) is 5.73 Å². The molecule has 5 nitrogen and oxygen atoms in total. The van der Waals surface area contributed by atoms with Gasteiger partial charge in [0, 0.05) is 25.6 Å². The lowest BCUT2D eigenvalue weighted by Gasteiger charge is -2.32. The summed E-state index contributed by atoms with van der Waals surface area (Å²) in [4.78, 5) is 25.9. The largest absolute Gasteiger partial charge is 0.349 e.